The molecule has 2 aliphatic rings. The summed E-state index contributed by atoms with van der Waals surface area (Å²) in [7, 11) is 1.74. The summed E-state index contributed by atoms with van der Waals surface area (Å²) in [4.78, 5) is 31.9. The number of nitrogens with zero attached hydrogens (tertiary/aromatic N) is 6. The number of likely N-dealkylation sites (N-methyl/N-ethyl adjacent to an activating group) is 1. The SMILES string of the molecule is C[C@H](CO)N1C[C@H](C)[C@@H](CN(C)C(=O)Nc2ccc(N3CCCCC3)cc2)OCc2cn(nn2)CCCC1=O. The molecular formula is C28H43N7O4. The van der Waals surface area contributed by atoms with Gasteiger partial charge in [0.2, 0.25) is 5.91 Å². The van der Waals surface area contributed by atoms with Gasteiger partial charge in [-0.25, -0.2) is 4.79 Å². The molecule has 3 atom stereocenters. The lowest BCUT2D eigenvalue weighted by atomic mass is 10.0. The summed E-state index contributed by atoms with van der Waals surface area (Å²) in [5.41, 5.74) is 2.63. The summed E-state index contributed by atoms with van der Waals surface area (Å²) >= 11 is 0. The van der Waals surface area contributed by atoms with E-state index in [4.69, 9.17) is 4.74 Å². The number of carbonyl (C=O) groups is 2. The lowest BCUT2D eigenvalue weighted by Crippen LogP contribution is -2.48. The molecule has 0 aliphatic carbocycles. The number of aliphatic hydroxyl groups is 1. The Labute approximate surface area is 231 Å². The summed E-state index contributed by atoms with van der Waals surface area (Å²) in [6.45, 7) is 7.47. The van der Waals surface area contributed by atoms with E-state index in [-0.39, 0.29) is 43.2 Å². The zero-order valence-electron chi connectivity index (χ0n) is 23.5. The molecule has 0 unspecified atom stereocenters. The average molecular weight is 542 g/mol. The maximum absolute atomic E-state index is 13.1. The van der Waals surface area contributed by atoms with Crippen LogP contribution in [-0.2, 0) is 22.7 Å². The fourth-order valence-electron chi connectivity index (χ4n) is 5.17. The molecule has 0 radical (unpaired) electrons. The largest absolute Gasteiger partial charge is 0.394 e. The highest BCUT2D eigenvalue weighted by atomic mass is 16.5. The van der Waals surface area contributed by atoms with Crippen molar-refractivity contribution in [1.29, 1.82) is 0 Å². The van der Waals surface area contributed by atoms with E-state index in [0.717, 1.165) is 18.8 Å². The first-order valence-electron chi connectivity index (χ1n) is 14.1. The summed E-state index contributed by atoms with van der Waals surface area (Å²) in [6.07, 6.45) is 6.18. The van der Waals surface area contributed by atoms with Gasteiger partial charge in [-0.1, -0.05) is 12.1 Å². The van der Waals surface area contributed by atoms with E-state index in [2.05, 4.69) is 32.7 Å². The Kier molecular flexibility index (Phi) is 10.2. The van der Waals surface area contributed by atoms with Crippen molar-refractivity contribution >= 4 is 23.3 Å². The first-order valence-corrected chi connectivity index (χ1v) is 14.1. The molecule has 4 rings (SSSR count). The van der Waals surface area contributed by atoms with Crippen LogP contribution in [-0.4, -0.2) is 93.8 Å². The third kappa shape index (κ3) is 7.92. The first-order chi connectivity index (χ1) is 18.8. The number of aliphatic hydroxyl groups excluding tert-OH is 1. The molecule has 39 heavy (non-hydrogen) atoms. The molecule has 1 saturated heterocycles. The van der Waals surface area contributed by atoms with Crippen molar-refractivity contribution in [3.63, 3.8) is 0 Å². The van der Waals surface area contributed by atoms with Crippen LogP contribution in [0.1, 0.15) is 51.6 Å². The Morgan fingerprint density at radius 3 is 2.64 bits per heavy atom. The smallest absolute Gasteiger partial charge is 0.321 e. The van der Waals surface area contributed by atoms with Crippen LogP contribution in [0.3, 0.4) is 0 Å². The highest BCUT2D eigenvalue weighted by Crippen LogP contribution is 2.22. The van der Waals surface area contributed by atoms with Gasteiger partial charge >= 0.3 is 6.03 Å². The van der Waals surface area contributed by atoms with Crippen LogP contribution in [0, 0.1) is 5.92 Å². The number of urea groups is 1. The Balaban J connectivity index is 1.42. The predicted octanol–water partition coefficient (Wildman–Crippen LogP) is 2.96. The van der Waals surface area contributed by atoms with Crippen LogP contribution in [0.15, 0.2) is 30.5 Å². The van der Waals surface area contributed by atoms with Gasteiger partial charge in [-0.05, 0) is 56.9 Å². The summed E-state index contributed by atoms with van der Waals surface area (Å²) in [5.74, 6) is -0.112. The minimum absolute atomic E-state index is 0.0131. The van der Waals surface area contributed by atoms with Crippen molar-refractivity contribution in [2.45, 2.75) is 71.2 Å². The van der Waals surface area contributed by atoms with Crippen molar-refractivity contribution in [2.75, 3.05) is 50.1 Å². The van der Waals surface area contributed by atoms with Crippen LogP contribution in [0.5, 0.6) is 0 Å². The quantitative estimate of drug-likeness (QED) is 0.578. The van der Waals surface area contributed by atoms with Crippen molar-refractivity contribution in [2.24, 2.45) is 5.92 Å². The van der Waals surface area contributed by atoms with E-state index >= 15 is 0 Å². The maximum Gasteiger partial charge on any atom is 0.321 e. The molecule has 1 aromatic carbocycles. The topological polar surface area (TPSA) is 116 Å². The molecule has 3 amide bonds. The number of amides is 3. The van der Waals surface area contributed by atoms with E-state index in [1.165, 1.54) is 24.9 Å². The van der Waals surface area contributed by atoms with Crippen LogP contribution >= 0.6 is 0 Å². The number of ether oxygens (including phenoxy) is 1. The van der Waals surface area contributed by atoms with E-state index in [0.29, 0.717) is 38.2 Å². The molecule has 2 aliphatic heterocycles. The number of carbonyl (C=O) groups excluding carboxylic acids is 2. The van der Waals surface area contributed by atoms with E-state index < -0.39 is 0 Å². The van der Waals surface area contributed by atoms with Gasteiger partial charge in [0.25, 0.3) is 0 Å². The van der Waals surface area contributed by atoms with Gasteiger partial charge in [0.15, 0.2) is 0 Å². The van der Waals surface area contributed by atoms with Gasteiger partial charge in [0, 0.05) is 63.5 Å². The lowest BCUT2D eigenvalue weighted by Gasteiger charge is -2.35. The highest BCUT2D eigenvalue weighted by molar-refractivity contribution is 5.89. The number of benzene rings is 1. The second kappa shape index (κ2) is 13.7. The van der Waals surface area contributed by atoms with Crippen LogP contribution in [0.4, 0.5) is 16.2 Å². The number of aromatic nitrogens is 3. The standard InChI is InChI=1S/C28H43N7O4/c1-21-16-35(22(2)19-36)27(37)8-7-15-34-17-24(30-31-34)20-39-26(21)18-32(3)28(38)29-23-9-11-25(12-10-23)33-13-5-4-6-14-33/h9-12,17,21-22,26,36H,4-8,13-16,18-20H2,1-3H3,(H,29,38)/t21-,22+,26+/m0/s1. The van der Waals surface area contributed by atoms with E-state index in [9.17, 15) is 14.7 Å². The number of aryl methyl sites for hydroxylation is 1. The zero-order chi connectivity index (χ0) is 27.8. The van der Waals surface area contributed by atoms with Gasteiger partial charge in [0.05, 0.1) is 31.6 Å². The number of rotatable bonds is 6. The molecule has 1 aromatic heterocycles. The fourth-order valence-corrected chi connectivity index (χ4v) is 5.17. The average Bonchev–Trinajstić information content (AvgIpc) is 3.41. The highest BCUT2D eigenvalue weighted by Gasteiger charge is 2.29. The molecule has 0 spiro atoms. The molecule has 1 fully saturated rings. The molecule has 214 valence electrons. The molecule has 0 saturated carbocycles. The van der Waals surface area contributed by atoms with E-state index in [1.807, 2.05) is 32.2 Å². The monoisotopic (exact) mass is 541 g/mol. The normalized spacial score (nSPS) is 21.9. The van der Waals surface area contributed by atoms with E-state index in [1.54, 1.807) is 21.5 Å². The van der Waals surface area contributed by atoms with Gasteiger partial charge in [-0.3, -0.25) is 9.48 Å². The Morgan fingerprint density at radius 2 is 1.92 bits per heavy atom. The molecule has 11 nitrogen and oxygen atoms in total. The third-order valence-electron chi connectivity index (χ3n) is 7.69. The number of piperidine rings is 1. The van der Waals surface area contributed by atoms with Crippen LogP contribution in [0.25, 0.3) is 0 Å². The summed E-state index contributed by atoms with van der Waals surface area (Å²) in [5, 5.41) is 21.1. The van der Waals surface area contributed by atoms with Crippen LogP contribution in [0.2, 0.25) is 0 Å². The van der Waals surface area contributed by atoms with Crippen molar-refractivity contribution in [3.8, 4) is 0 Å². The second-order valence-electron chi connectivity index (χ2n) is 10.9. The predicted molar refractivity (Wildman–Crippen MR) is 149 cm³/mol. The summed E-state index contributed by atoms with van der Waals surface area (Å²) < 4.78 is 7.99. The number of hydrogen-bond donors (Lipinski definition) is 2. The molecule has 3 heterocycles. The molecular weight excluding hydrogens is 498 g/mol. The minimum atomic E-state index is -0.366. The molecule has 11 heteroatoms. The minimum Gasteiger partial charge on any atom is -0.394 e. The van der Waals surface area contributed by atoms with Crippen LogP contribution < -0.4 is 10.2 Å². The third-order valence-corrected chi connectivity index (χ3v) is 7.69. The maximum atomic E-state index is 13.1. The number of fused-ring (bicyclic) bond motifs is 2. The fraction of sp³-hybridized carbons (Fsp3) is 0.643. The van der Waals surface area contributed by atoms with Crippen molar-refractivity contribution in [3.05, 3.63) is 36.2 Å². The van der Waals surface area contributed by atoms with Crippen molar-refractivity contribution in [1.82, 2.24) is 24.8 Å². The Hall–Kier alpha value is -3.18. The summed E-state index contributed by atoms with van der Waals surface area (Å²) in [6, 6.07) is 7.46. The number of hydrogen-bond acceptors (Lipinski definition) is 7. The molecule has 2 bridgehead atoms. The van der Waals surface area contributed by atoms with Gasteiger partial charge < -0.3 is 29.9 Å². The van der Waals surface area contributed by atoms with Gasteiger partial charge in [0.1, 0.15) is 5.69 Å². The molecule has 2 N–H and O–H groups in total. The lowest BCUT2D eigenvalue weighted by molar-refractivity contribution is -0.136. The second-order valence-corrected chi connectivity index (χ2v) is 10.9. The molecule has 2 aromatic rings. The number of nitrogens with one attached hydrogen (secondary N) is 1. The van der Waals surface area contributed by atoms with Gasteiger partial charge in [-0.15, -0.1) is 5.10 Å². The zero-order valence-corrected chi connectivity index (χ0v) is 23.5. The number of anilines is 2. The Morgan fingerprint density at radius 1 is 1.18 bits per heavy atom. The van der Waals surface area contributed by atoms with Gasteiger partial charge in [-0.2, -0.15) is 0 Å². The first kappa shape index (κ1) is 28.8. The van der Waals surface area contributed by atoms with Crippen molar-refractivity contribution < 1.29 is 19.4 Å². The Bertz CT molecular complexity index is 1070.